The van der Waals surface area contributed by atoms with Gasteiger partial charge in [-0.25, -0.2) is 13.8 Å². The van der Waals surface area contributed by atoms with Crippen LogP contribution in [0.5, 0.6) is 5.75 Å². The lowest BCUT2D eigenvalue weighted by atomic mass is 9.63. The molecule has 0 aromatic carbocycles. The van der Waals surface area contributed by atoms with Gasteiger partial charge in [0.1, 0.15) is 17.1 Å². The number of alkyl halides is 2. The van der Waals surface area contributed by atoms with Crippen LogP contribution in [0.1, 0.15) is 25.0 Å². The first-order chi connectivity index (χ1) is 10.5. The summed E-state index contributed by atoms with van der Waals surface area (Å²) >= 11 is 0. The van der Waals surface area contributed by atoms with Gasteiger partial charge in [0.05, 0.1) is 31.2 Å². The SMILES string of the molecule is NCC12CC(COc3ccc4ncc(C(F)F)n4c3)(CO1)C2. The highest BCUT2D eigenvalue weighted by atomic mass is 19.3. The van der Waals surface area contributed by atoms with Crippen LogP contribution in [-0.4, -0.2) is 34.7 Å². The molecule has 2 aromatic rings. The highest BCUT2D eigenvalue weighted by Crippen LogP contribution is 2.57. The Morgan fingerprint density at radius 1 is 1.41 bits per heavy atom. The van der Waals surface area contributed by atoms with Crippen LogP contribution in [0.4, 0.5) is 8.78 Å². The first-order valence-electron chi connectivity index (χ1n) is 7.27. The number of hydrogen-bond donors (Lipinski definition) is 1. The summed E-state index contributed by atoms with van der Waals surface area (Å²) in [4.78, 5) is 3.95. The smallest absolute Gasteiger partial charge is 0.280 e. The molecular formula is C15H17F2N3O2. The van der Waals surface area contributed by atoms with E-state index in [1.807, 2.05) is 0 Å². The Labute approximate surface area is 126 Å². The van der Waals surface area contributed by atoms with Crippen molar-refractivity contribution in [2.75, 3.05) is 19.8 Å². The molecule has 118 valence electrons. The zero-order valence-corrected chi connectivity index (χ0v) is 12.0. The molecule has 2 aromatic heterocycles. The molecule has 3 aliphatic rings. The molecular weight excluding hydrogens is 292 g/mol. The third-order valence-corrected chi connectivity index (χ3v) is 4.73. The number of nitrogens with two attached hydrogens (primary N) is 1. The first-order valence-corrected chi connectivity index (χ1v) is 7.27. The summed E-state index contributed by atoms with van der Waals surface area (Å²) in [6.45, 7) is 1.70. The van der Waals surface area contributed by atoms with E-state index in [1.54, 1.807) is 18.3 Å². The summed E-state index contributed by atoms with van der Waals surface area (Å²) in [7, 11) is 0. The second-order valence-corrected chi connectivity index (χ2v) is 6.39. The summed E-state index contributed by atoms with van der Waals surface area (Å²) in [5.74, 6) is 0.555. The number of nitrogens with zero attached hydrogens (tertiary/aromatic N) is 2. The fraction of sp³-hybridized carbons (Fsp3) is 0.533. The Balaban J connectivity index is 1.50. The highest BCUT2D eigenvalue weighted by molar-refractivity contribution is 5.43. The number of hydrogen-bond acceptors (Lipinski definition) is 4. The van der Waals surface area contributed by atoms with E-state index in [1.165, 1.54) is 10.6 Å². The van der Waals surface area contributed by atoms with Gasteiger partial charge in [-0.2, -0.15) is 0 Å². The molecule has 2 N–H and O–H groups in total. The minimum atomic E-state index is -2.57. The van der Waals surface area contributed by atoms with Gasteiger partial charge in [-0.05, 0) is 25.0 Å². The summed E-state index contributed by atoms with van der Waals surface area (Å²) in [5, 5.41) is 0. The Hall–Kier alpha value is -1.73. The molecule has 2 saturated heterocycles. The lowest BCUT2D eigenvalue weighted by molar-refractivity contribution is -0.0169. The van der Waals surface area contributed by atoms with Crippen molar-refractivity contribution in [2.45, 2.75) is 24.9 Å². The molecule has 5 nitrogen and oxygen atoms in total. The minimum Gasteiger partial charge on any atom is -0.491 e. The van der Waals surface area contributed by atoms with Crippen molar-refractivity contribution < 1.29 is 18.3 Å². The fourth-order valence-corrected chi connectivity index (χ4v) is 3.64. The van der Waals surface area contributed by atoms with E-state index in [2.05, 4.69) is 4.98 Å². The molecule has 4 heterocycles. The third kappa shape index (κ3) is 1.99. The minimum absolute atomic E-state index is 0.0226. The van der Waals surface area contributed by atoms with Crippen LogP contribution in [0, 0.1) is 5.41 Å². The van der Waals surface area contributed by atoms with Crippen molar-refractivity contribution in [3.63, 3.8) is 0 Å². The maximum atomic E-state index is 12.9. The first kappa shape index (κ1) is 13.9. The third-order valence-electron chi connectivity index (χ3n) is 4.73. The molecule has 1 saturated carbocycles. The van der Waals surface area contributed by atoms with Crippen molar-refractivity contribution >= 4 is 5.65 Å². The molecule has 0 radical (unpaired) electrons. The van der Waals surface area contributed by atoms with E-state index < -0.39 is 6.43 Å². The Morgan fingerprint density at radius 2 is 2.23 bits per heavy atom. The van der Waals surface area contributed by atoms with Crippen LogP contribution in [0.2, 0.25) is 0 Å². The maximum absolute atomic E-state index is 12.9. The van der Waals surface area contributed by atoms with Gasteiger partial charge in [-0.3, -0.25) is 4.40 Å². The van der Waals surface area contributed by atoms with Gasteiger partial charge in [-0.1, -0.05) is 0 Å². The standard InChI is InChI=1S/C15H17F2N3O2/c16-13(17)11-3-19-12-2-1-10(4-20(11)12)21-8-14-5-15(6-14,7-18)22-9-14/h1-4,13H,5-9,18H2. The highest BCUT2D eigenvalue weighted by Gasteiger charge is 2.62. The predicted octanol–water partition coefficient (Wildman–Crippen LogP) is 2.16. The number of halogens is 2. The van der Waals surface area contributed by atoms with Crippen molar-refractivity contribution in [1.82, 2.24) is 9.38 Å². The van der Waals surface area contributed by atoms with Gasteiger partial charge in [0.25, 0.3) is 6.43 Å². The lowest BCUT2D eigenvalue weighted by Gasteiger charge is -2.43. The Kier molecular flexibility index (Phi) is 2.93. The van der Waals surface area contributed by atoms with E-state index in [0.29, 0.717) is 31.2 Å². The summed E-state index contributed by atoms with van der Waals surface area (Å²) in [6.07, 6.45) is 2.00. The average Bonchev–Trinajstić information content (AvgIpc) is 3.15. The summed E-state index contributed by atoms with van der Waals surface area (Å²) in [5.41, 5.74) is 5.94. The fourth-order valence-electron chi connectivity index (χ4n) is 3.64. The monoisotopic (exact) mass is 309 g/mol. The molecule has 2 bridgehead atoms. The number of rotatable bonds is 5. The van der Waals surface area contributed by atoms with Gasteiger partial charge in [0.2, 0.25) is 0 Å². The van der Waals surface area contributed by atoms with Gasteiger partial charge >= 0.3 is 0 Å². The summed E-state index contributed by atoms with van der Waals surface area (Å²) in [6, 6.07) is 3.42. The van der Waals surface area contributed by atoms with Gasteiger partial charge in [0, 0.05) is 12.0 Å². The normalized spacial score (nSPS) is 30.0. The molecule has 22 heavy (non-hydrogen) atoms. The van der Waals surface area contributed by atoms with Crippen molar-refractivity contribution in [1.29, 1.82) is 0 Å². The van der Waals surface area contributed by atoms with Crippen molar-refractivity contribution in [3.8, 4) is 5.75 Å². The van der Waals surface area contributed by atoms with E-state index in [-0.39, 0.29) is 16.7 Å². The number of aromatic nitrogens is 2. The van der Waals surface area contributed by atoms with E-state index in [4.69, 9.17) is 15.2 Å². The average molecular weight is 309 g/mol. The molecule has 5 rings (SSSR count). The van der Waals surface area contributed by atoms with Gasteiger partial charge in [0.15, 0.2) is 0 Å². The lowest BCUT2D eigenvalue weighted by Crippen LogP contribution is -2.51. The molecule has 3 fully saturated rings. The van der Waals surface area contributed by atoms with Gasteiger partial charge < -0.3 is 15.2 Å². The zero-order valence-electron chi connectivity index (χ0n) is 12.0. The van der Waals surface area contributed by atoms with Crippen molar-refractivity contribution in [3.05, 3.63) is 30.2 Å². The zero-order chi connectivity index (χ0) is 15.4. The topological polar surface area (TPSA) is 61.8 Å². The molecule has 0 atom stereocenters. The second kappa shape index (κ2) is 4.63. The van der Waals surface area contributed by atoms with E-state index >= 15 is 0 Å². The maximum Gasteiger partial charge on any atom is 0.280 e. The summed E-state index contributed by atoms with van der Waals surface area (Å²) < 4.78 is 38.8. The molecule has 1 aliphatic carbocycles. The van der Waals surface area contributed by atoms with Crippen LogP contribution in [0.25, 0.3) is 5.65 Å². The van der Waals surface area contributed by atoms with Crippen LogP contribution in [0.15, 0.2) is 24.5 Å². The Morgan fingerprint density at radius 3 is 2.91 bits per heavy atom. The number of ether oxygens (including phenoxy) is 2. The van der Waals surface area contributed by atoms with Crippen molar-refractivity contribution in [2.24, 2.45) is 11.1 Å². The van der Waals surface area contributed by atoms with Crippen LogP contribution in [-0.2, 0) is 4.74 Å². The van der Waals surface area contributed by atoms with E-state index in [9.17, 15) is 8.78 Å². The molecule has 0 amide bonds. The van der Waals surface area contributed by atoms with Crippen LogP contribution < -0.4 is 10.5 Å². The Bertz CT molecular complexity index is 710. The van der Waals surface area contributed by atoms with E-state index in [0.717, 1.165) is 12.8 Å². The quantitative estimate of drug-likeness (QED) is 0.919. The molecule has 7 heteroatoms. The largest absolute Gasteiger partial charge is 0.491 e. The van der Waals surface area contributed by atoms with Crippen LogP contribution >= 0.6 is 0 Å². The molecule has 0 spiro atoms. The van der Waals surface area contributed by atoms with Crippen LogP contribution in [0.3, 0.4) is 0 Å². The second-order valence-electron chi connectivity index (χ2n) is 6.39. The molecule has 0 unspecified atom stereocenters. The predicted molar refractivity (Wildman–Crippen MR) is 75.0 cm³/mol. The van der Waals surface area contributed by atoms with Gasteiger partial charge in [-0.15, -0.1) is 0 Å². The number of fused-ring (bicyclic) bond motifs is 2. The number of imidazole rings is 1. The number of pyridine rings is 1. The molecule has 2 aliphatic heterocycles.